The van der Waals surface area contributed by atoms with Crippen LogP contribution in [0.25, 0.3) is 5.57 Å². The Balaban J connectivity index is 1.65. The van der Waals surface area contributed by atoms with E-state index in [1.54, 1.807) is 0 Å². The van der Waals surface area contributed by atoms with E-state index in [-0.39, 0.29) is 0 Å². The Morgan fingerprint density at radius 3 is 2.48 bits per heavy atom. The molecule has 3 rings (SSSR count). The van der Waals surface area contributed by atoms with Crippen LogP contribution in [0.5, 0.6) is 0 Å². The van der Waals surface area contributed by atoms with Crippen LogP contribution < -0.4 is 5.32 Å². The summed E-state index contributed by atoms with van der Waals surface area (Å²) in [4.78, 5) is 2.68. The molecule has 1 N–H and O–H groups in total. The molecule has 2 heterocycles. The van der Waals surface area contributed by atoms with Crippen molar-refractivity contribution in [1.82, 2.24) is 10.2 Å². The molecule has 2 nitrogen and oxygen atoms in total. The van der Waals surface area contributed by atoms with Gasteiger partial charge >= 0.3 is 0 Å². The molecule has 2 aliphatic heterocycles. The van der Waals surface area contributed by atoms with Gasteiger partial charge in [-0.1, -0.05) is 43.8 Å². The second-order valence-corrected chi connectivity index (χ2v) is 6.70. The van der Waals surface area contributed by atoms with Crippen molar-refractivity contribution in [2.24, 2.45) is 0 Å². The summed E-state index contributed by atoms with van der Waals surface area (Å²) < 4.78 is 0. The number of hydrogen-bond donors (Lipinski definition) is 1. The minimum Gasteiger partial charge on any atom is -0.311 e. The molecule has 2 saturated heterocycles. The van der Waals surface area contributed by atoms with Gasteiger partial charge in [-0.2, -0.15) is 0 Å². The van der Waals surface area contributed by atoms with Crippen LogP contribution in [0.15, 0.2) is 36.9 Å². The summed E-state index contributed by atoms with van der Waals surface area (Å²) in [5.74, 6) is 0. The van der Waals surface area contributed by atoms with Gasteiger partial charge in [-0.15, -0.1) is 0 Å². The number of nitrogens with one attached hydrogen (secondary N) is 1. The van der Waals surface area contributed by atoms with E-state index in [9.17, 15) is 0 Å². The highest BCUT2D eigenvalue weighted by molar-refractivity contribution is 5.64. The number of benzene rings is 1. The van der Waals surface area contributed by atoms with Gasteiger partial charge in [-0.3, -0.25) is 4.90 Å². The highest BCUT2D eigenvalue weighted by atomic mass is 15.2. The van der Waals surface area contributed by atoms with E-state index in [0.29, 0.717) is 0 Å². The average Bonchev–Trinajstić information content (AvgIpc) is 2.86. The number of fused-ring (bicyclic) bond motifs is 2. The van der Waals surface area contributed by atoms with Crippen LogP contribution >= 0.6 is 0 Å². The zero-order valence-corrected chi connectivity index (χ0v) is 13.2. The molecule has 0 spiro atoms. The second-order valence-electron chi connectivity index (χ2n) is 6.70. The van der Waals surface area contributed by atoms with Gasteiger partial charge in [0.2, 0.25) is 0 Å². The quantitative estimate of drug-likeness (QED) is 0.857. The topological polar surface area (TPSA) is 15.3 Å². The Hall–Kier alpha value is -1.12. The molecule has 2 heteroatoms. The van der Waals surface area contributed by atoms with E-state index in [1.807, 2.05) is 0 Å². The normalized spacial score (nSPS) is 28.0. The number of nitrogens with zero attached hydrogens (tertiary/aromatic N) is 1. The molecular formula is C19H28N2. The van der Waals surface area contributed by atoms with Crippen molar-refractivity contribution in [3.63, 3.8) is 0 Å². The average molecular weight is 284 g/mol. The van der Waals surface area contributed by atoms with E-state index in [0.717, 1.165) is 24.7 Å². The Kier molecular flexibility index (Phi) is 4.77. The maximum Gasteiger partial charge on any atom is 0.0236 e. The SMILES string of the molecule is C=C(CN(CCC)C1CC2CCC(C1)N2)c1ccccc1. The van der Waals surface area contributed by atoms with E-state index in [2.05, 4.69) is 54.1 Å². The minimum atomic E-state index is 0.740. The Morgan fingerprint density at radius 2 is 1.86 bits per heavy atom. The molecule has 2 aliphatic rings. The van der Waals surface area contributed by atoms with Gasteiger partial charge in [0.15, 0.2) is 0 Å². The molecule has 1 aromatic carbocycles. The lowest BCUT2D eigenvalue weighted by atomic mass is 9.96. The first kappa shape index (κ1) is 14.8. The van der Waals surface area contributed by atoms with Crippen LogP contribution in [0, 0.1) is 0 Å². The fraction of sp³-hybridized carbons (Fsp3) is 0.579. The maximum absolute atomic E-state index is 4.34. The summed E-state index contributed by atoms with van der Waals surface area (Å²) in [6.45, 7) is 8.83. The van der Waals surface area contributed by atoms with Crippen molar-refractivity contribution in [2.45, 2.75) is 57.2 Å². The van der Waals surface area contributed by atoms with Gasteiger partial charge in [0.05, 0.1) is 0 Å². The monoisotopic (exact) mass is 284 g/mol. The summed E-state index contributed by atoms with van der Waals surface area (Å²) in [7, 11) is 0. The lowest BCUT2D eigenvalue weighted by molar-refractivity contribution is 0.158. The van der Waals surface area contributed by atoms with Crippen LogP contribution in [0.4, 0.5) is 0 Å². The maximum atomic E-state index is 4.34. The van der Waals surface area contributed by atoms with Gasteiger partial charge in [0.25, 0.3) is 0 Å². The van der Waals surface area contributed by atoms with Gasteiger partial charge in [-0.25, -0.2) is 0 Å². The van der Waals surface area contributed by atoms with Gasteiger partial charge in [0, 0.05) is 24.7 Å². The van der Waals surface area contributed by atoms with E-state index >= 15 is 0 Å². The fourth-order valence-corrected chi connectivity index (χ4v) is 4.01. The third-order valence-corrected chi connectivity index (χ3v) is 5.05. The van der Waals surface area contributed by atoms with E-state index in [4.69, 9.17) is 0 Å². The molecule has 2 bridgehead atoms. The van der Waals surface area contributed by atoms with Crippen molar-refractivity contribution in [1.29, 1.82) is 0 Å². The van der Waals surface area contributed by atoms with Crippen LogP contribution in [0.1, 0.15) is 44.6 Å². The van der Waals surface area contributed by atoms with Gasteiger partial charge in [-0.05, 0) is 49.8 Å². The molecule has 114 valence electrons. The standard InChI is InChI=1S/C19H28N2/c1-3-11-21(14-15(2)16-7-5-4-6-8-16)19-12-17-9-10-18(13-19)20-17/h4-8,17-20H,2-3,9-14H2,1H3. The predicted molar refractivity (Wildman–Crippen MR) is 90.3 cm³/mol. The molecule has 0 aromatic heterocycles. The lowest BCUT2D eigenvalue weighted by Crippen LogP contribution is -2.48. The fourth-order valence-electron chi connectivity index (χ4n) is 4.01. The molecule has 2 fully saturated rings. The third-order valence-electron chi connectivity index (χ3n) is 5.05. The second kappa shape index (κ2) is 6.76. The van der Waals surface area contributed by atoms with Crippen LogP contribution in [0.2, 0.25) is 0 Å². The number of hydrogen-bond acceptors (Lipinski definition) is 2. The summed E-state index contributed by atoms with van der Waals surface area (Å²) >= 11 is 0. The highest BCUT2D eigenvalue weighted by Crippen LogP contribution is 2.30. The minimum absolute atomic E-state index is 0.740. The first-order valence-electron chi connectivity index (χ1n) is 8.49. The molecule has 0 amide bonds. The van der Waals surface area contributed by atoms with Crippen molar-refractivity contribution < 1.29 is 0 Å². The van der Waals surface area contributed by atoms with E-state index in [1.165, 1.54) is 49.8 Å². The number of piperidine rings is 1. The zero-order valence-electron chi connectivity index (χ0n) is 13.2. The molecule has 0 aliphatic carbocycles. The molecule has 2 unspecified atom stereocenters. The Bertz CT molecular complexity index is 456. The van der Waals surface area contributed by atoms with Gasteiger partial charge in [0.1, 0.15) is 0 Å². The predicted octanol–water partition coefficient (Wildman–Crippen LogP) is 3.69. The van der Waals surface area contributed by atoms with Crippen LogP contribution in [0.3, 0.4) is 0 Å². The largest absolute Gasteiger partial charge is 0.311 e. The molecule has 0 radical (unpaired) electrons. The first-order valence-corrected chi connectivity index (χ1v) is 8.49. The van der Waals surface area contributed by atoms with E-state index < -0.39 is 0 Å². The van der Waals surface area contributed by atoms with Crippen LogP contribution in [-0.4, -0.2) is 36.1 Å². The van der Waals surface area contributed by atoms with Gasteiger partial charge < -0.3 is 5.32 Å². The summed E-state index contributed by atoms with van der Waals surface area (Å²) in [6, 6.07) is 12.9. The van der Waals surface area contributed by atoms with Crippen molar-refractivity contribution in [2.75, 3.05) is 13.1 Å². The Morgan fingerprint density at radius 1 is 1.19 bits per heavy atom. The summed E-state index contributed by atoms with van der Waals surface area (Å²) in [5.41, 5.74) is 2.55. The molecule has 21 heavy (non-hydrogen) atoms. The van der Waals surface area contributed by atoms with Crippen molar-refractivity contribution in [3.05, 3.63) is 42.5 Å². The molecular weight excluding hydrogens is 256 g/mol. The van der Waals surface area contributed by atoms with Crippen molar-refractivity contribution >= 4 is 5.57 Å². The van der Waals surface area contributed by atoms with Crippen molar-refractivity contribution in [3.8, 4) is 0 Å². The highest BCUT2D eigenvalue weighted by Gasteiger charge is 2.35. The molecule has 0 saturated carbocycles. The number of rotatable bonds is 6. The zero-order chi connectivity index (χ0) is 14.7. The first-order chi connectivity index (χ1) is 10.3. The lowest BCUT2D eigenvalue weighted by Gasteiger charge is -2.38. The summed E-state index contributed by atoms with van der Waals surface area (Å²) in [5, 5.41) is 3.75. The van der Waals surface area contributed by atoms with Crippen LogP contribution in [-0.2, 0) is 0 Å². The molecule has 1 aromatic rings. The molecule has 2 atom stereocenters. The summed E-state index contributed by atoms with van der Waals surface area (Å²) in [6.07, 6.45) is 6.61. The third kappa shape index (κ3) is 3.56. The smallest absolute Gasteiger partial charge is 0.0236 e. The Labute approximate surface area is 129 Å².